The number of carbonyl (C=O) groups excluding carboxylic acids is 1. The molecule has 0 atom stereocenters. The first-order chi connectivity index (χ1) is 10.1. The van der Waals surface area contributed by atoms with Crippen molar-refractivity contribution in [3.63, 3.8) is 0 Å². The molecule has 2 aromatic rings. The lowest BCUT2D eigenvalue weighted by molar-refractivity contribution is -0.119. The molecule has 21 heavy (non-hydrogen) atoms. The van der Waals surface area contributed by atoms with Gasteiger partial charge in [0, 0.05) is 37.3 Å². The number of fused-ring (bicyclic) bond motifs is 1. The minimum atomic E-state index is -0.240. The molecule has 1 saturated heterocycles. The zero-order chi connectivity index (χ0) is 14.8. The van der Waals surface area contributed by atoms with E-state index in [1.54, 1.807) is 11.3 Å². The fourth-order valence-corrected chi connectivity index (χ4v) is 3.69. The lowest BCUT2D eigenvalue weighted by atomic mass is 10.0. The van der Waals surface area contributed by atoms with Gasteiger partial charge in [-0.15, -0.1) is 11.3 Å². The van der Waals surface area contributed by atoms with Crippen molar-refractivity contribution < 1.29 is 4.79 Å². The predicted octanol–water partition coefficient (Wildman–Crippen LogP) is 0.744. The van der Waals surface area contributed by atoms with Crippen LogP contribution in [0.15, 0.2) is 11.6 Å². The number of primary amides is 1. The molecule has 0 aromatic carbocycles. The minimum Gasteiger partial charge on any atom is -0.369 e. The van der Waals surface area contributed by atoms with Crippen molar-refractivity contribution >= 4 is 22.2 Å². The lowest BCUT2D eigenvalue weighted by Crippen LogP contribution is -2.45. The van der Waals surface area contributed by atoms with Gasteiger partial charge in [-0.3, -0.25) is 14.1 Å². The molecular weight excluding hydrogens is 286 g/mol. The van der Waals surface area contributed by atoms with Gasteiger partial charge in [-0.05, 0) is 19.8 Å². The van der Waals surface area contributed by atoms with Gasteiger partial charge in [0.05, 0.1) is 17.9 Å². The number of nitrogens with one attached hydrogen (secondary N) is 1. The summed E-state index contributed by atoms with van der Waals surface area (Å²) >= 11 is 1.66. The molecule has 0 aliphatic carbocycles. The molecule has 1 aliphatic rings. The fraction of sp³-hybridized carbons (Fsp3) is 0.571. The number of nitrogens with two attached hydrogens (primary N) is 1. The van der Waals surface area contributed by atoms with Crippen LogP contribution in [0.1, 0.15) is 24.2 Å². The standard InChI is InChI=1S/C14H21N5OS/c1-10-12(19-6-7-21-14(19)17-10)8-16-11-2-4-18(5-3-11)9-13(15)20/h6-7,11,16H,2-5,8-9H2,1H3,(H2,15,20). The number of aromatic nitrogens is 2. The van der Waals surface area contributed by atoms with E-state index in [0.717, 1.165) is 43.1 Å². The Morgan fingerprint density at radius 1 is 1.52 bits per heavy atom. The van der Waals surface area contributed by atoms with Crippen molar-refractivity contribution in [1.29, 1.82) is 0 Å². The zero-order valence-electron chi connectivity index (χ0n) is 12.2. The van der Waals surface area contributed by atoms with Gasteiger partial charge >= 0.3 is 0 Å². The maximum absolute atomic E-state index is 10.9. The van der Waals surface area contributed by atoms with Gasteiger partial charge in [-0.25, -0.2) is 4.98 Å². The van der Waals surface area contributed by atoms with Gasteiger partial charge in [0.25, 0.3) is 0 Å². The number of piperidine rings is 1. The van der Waals surface area contributed by atoms with Crippen LogP contribution in [0.4, 0.5) is 0 Å². The SMILES string of the molecule is Cc1nc2sccn2c1CNC1CCN(CC(N)=O)CC1. The Labute approximate surface area is 127 Å². The molecule has 0 radical (unpaired) electrons. The number of carbonyl (C=O) groups is 1. The molecule has 0 spiro atoms. The van der Waals surface area contributed by atoms with Gasteiger partial charge in [0.15, 0.2) is 4.96 Å². The average Bonchev–Trinajstić information content (AvgIpc) is 2.98. The van der Waals surface area contributed by atoms with E-state index >= 15 is 0 Å². The first-order valence-corrected chi connectivity index (χ1v) is 8.16. The molecule has 0 bridgehead atoms. The monoisotopic (exact) mass is 307 g/mol. The normalized spacial score (nSPS) is 17.6. The first-order valence-electron chi connectivity index (χ1n) is 7.28. The second-order valence-electron chi connectivity index (χ2n) is 5.60. The summed E-state index contributed by atoms with van der Waals surface area (Å²) in [6, 6.07) is 0.498. The van der Waals surface area contributed by atoms with Gasteiger partial charge in [-0.2, -0.15) is 0 Å². The van der Waals surface area contributed by atoms with E-state index in [1.165, 1.54) is 5.69 Å². The van der Waals surface area contributed by atoms with Crippen LogP contribution >= 0.6 is 11.3 Å². The van der Waals surface area contributed by atoms with E-state index < -0.39 is 0 Å². The summed E-state index contributed by atoms with van der Waals surface area (Å²) < 4.78 is 2.16. The molecule has 6 nitrogen and oxygen atoms in total. The van der Waals surface area contributed by atoms with E-state index in [2.05, 4.69) is 38.1 Å². The molecule has 0 saturated carbocycles. The molecule has 3 rings (SSSR count). The van der Waals surface area contributed by atoms with Crippen LogP contribution in [0.5, 0.6) is 0 Å². The number of amides is 1. The van der Waals surface area contributed by atoms with E-state index in [9.17, 15) is 4.79 Å². The smallest absolute Gasteiger partial charge is 0.231 e. The largest absolute Gasteiger partial charge is 0.369 e. The van der Waals surface area contributed by atoms with Crippen molar-refractivity contribution in [2.24, 2.45) is 5.73 Å². The molecule has 1 aliphatic heterocycles. The third kappa shape index (κ3) is 3.25. The molecular formula is C14H21N5OS. The molecule has 3 N–H and O–H groups in total. The number of thiazole rings is 1. The lowest BCUT2D eigenvalue weighted by Gasteiger charge is -2.31. The Balaban J connectivity index is 1.53. The van der Waals surface area contributed by atoms with Crippen molar-refractivity contribution in [3.05, 3.63) is 23.0 Å². The number of hydrogen-bond acceptors (Lipinski definition) is 5. The third-order valence-electron chi connectivity index (χ3n) is 4.09. The second kappa shape index (κ2) is 6.13. The second-order valence-corrected chi connectivity index (χ2v) is 6.47. The number of nitrogens with zero attached hydrogens (tertiary/aromatic N) is 3. The summed E-state index contributed by atoms with van der Waals surface area (Å²) in [7, 11) is 0. The van der Waals surface area contributed by atoms with E-state index in [0.29, 0.717) is 12.6 Å². The Bertz CT molecular complexity index is 626. The van der Waals surface area contributed by atoms with Gasteiger partial charge in [-0.1, -0.05) is 0 Å². The molecule has 1 amide bonds. The number of hydrogen-bond donors (Lipinski definition) is 2. The van der Waals surface area contributed by atoms with Crippen molar-refractivity contribution in [2.45, 2.75) is 32.4 Å². The molecule has 0 unspecified atom stereocenters. The van der Waals surface area contributed by atoms with Gasteiger partial charge in [0.1, 0.15) is 0 Å². The summed E-state index contributed by atoms with van der Waals surface area (Å²) in [5.74, 6) is -0.240. The molecule has 114 valence electrons. The summed E-state index contributed by atoms with van der Waals surface area (Å²) in [5, 5.41) is 5.68. The molecule has 1 fully saturated rings. The van der Waals surface area contributed by atoms with Crippen molar-refractivity contribution in [1.82, 2.24) is 19.6 Å². The number of aryl methyl sites for hydroxylation is 1. The highest BCUT2D eigenvalue weighted by molar-refractivity contribution is 7.15. The summed E-state index contributed by atoms with van der Waals surface area (Å²) in [5.41, 5.74) is 7.57. The Morgan fingerprint density at radius 3 is 3.00 bits per heavy atom. The van der Waals surface area contributed by atoms with Crippen LogP contribution in [-0.2, 0) is 11.3 Å². The number of likely N-dealkylation sites (tertiary alicyclic amines) is 1. The Kier molecular flexibility index (Phi) is 4.23. The van der Waals surface area contributed by atoms with Gasteiger partial charge < -0.3 is 11.1 Å². The predicted molar refractivity (Wildman–Crippen MR) is 83.3 cm³/mol. The first kappa shape index (κ1) is 14.5. The minimum absolute atomic E-state index is 0.240. The maximum atomic E-state index is 10.9. The summed E-state index contributed by atoms with van der Waals surface area (Å²) in [6.07, 6.45) is 4.18. The van der Waals surface area contributed by atoms with E-state index in [4.69, 9.17) is 5.73 Å². The quantitative estimate of drug-likeness (QED) is 0.854. The fourth-order valence-electron chi connectivity index (χ4n) is 2.91. The zero-order valence-corrected chi connectivity index (χ0v) is 13.0. The number of imidazole rings is 1. The van der Waals surface area contributed by atoms with Crippen LogP contribution in [0.2, 0.25) is 0 Å². The topological polar surface area (TPSA) is 75.7 Å². The van der Waals surface area contributed by atoms with Crippen molar-refractivity contribution in [3.8, 4) is 0 Å². The van der Waals surface area contributed by atoms with Crippen molar-refractivity contribution in [2.75, 3.05) is 19.6 Å². The highest BCUT2D eigenvalue weighted by Gasteiger charge is 2.20. The number of rotatable bonds is 5. The maximum Gasteiger partial charge on any atom is 0.231 e. The van der Waals surface area contributed by atoms with Crippen LogP contribution in [-0.4, -0.2) is 45.9 Å². The molecule has 7 heteroatoms. The van der Waals surface area contributed by atoms with Crippen LogP contribution in [0.3, 0.4) is 0 Å². The van der Waals surface area contributed by atoms with E-state index in [1.807, 2.05) is 0 Å². The van der Waals surface area contributed by atoms with Gasteiger partial charge in [0.2, 0.25) is 5.91 Å². The molecule has 3 heterocycles. The summed E-state index contributed by atoms with van der Waals surface area (Å²) in [4.78, 5) is 18.7. The Morgan fingerprint density at radius 2 is 2.29 bits per heavy atom. The van der Waals surface area contributed by atoms with Crippen LogP contribution in [0.25, 0.3) is 4.96 Å². The highest BCUT2D eigenvalue weighted by atomic mass is 32.1. The third-order valence-corrected chi connectivity index (χ3v) is 4.84. The highest BCUT2D eigenvalue weighted by Crippen LogP contribution is 2.17. The average molecular weight is 307 g/mol. The molecule has 2 aromatic heterocycles. The van der Waals surface area contributed by atoms with Crippen LogP contribution in [0, 0.1) is 6.92 Å². The Hall–Kier alpha value is -1.44. The van der Waals surface area contributed by atoms with E-state index in [-0.39, 0.29) is 5.91 Å². The van der Waals surface area contributed by atoms with Crippen LogP contribution < -0.4 is 11.1 Å². The summed E-state index contributed by atoms with van der Waals surface area (Å²) in [6.45, 7) is 5.14.